The van der Waals surface area contributed by atoms with E-state index < -0.39 is 0 Å². The number of aromatic nitrogens is 1. The molecule has 1 aliphatic rings. The fourth-order valence-corrected chi connectivity index (χ4v) is 2.52. The Balaban J connectivity index is 1.54. The minimum absolute atomic E-state index is 0.688. The zero-order valence-electron chi connectivity index (χ0n) is 11.9. The Bertz CT molecular complexity index is 335. The minimum Gasteiger partial charge on any atom is -0.316 e. The molecule has 1 fully saturated rings. The molecule has 1 aromatic rings. The summed E-state index contributed by atoms with van der Waals surface area (Å²) in [6.07, 6.45) is 6.07. The normalized spacial score (nSPS) is 18.4. The molecule has 1 unspecified atom stereocenters. The molecule has 2 rings (SSSR count). The SMILES string of the molecule is CC(CCNCCc1cccnc1)N1CCNCC1. The monoisotopic (exact) mass is 262 g/mol. The Morgan fingerprint density at radius 3 is 2.95 bits per heavy atom. The van der Waals surface area contributed by atoms with E-state index in [9.17, 15) is 0 Å². The van der Waals surface area contributed by atoms with Crippen LogP contribution in [0.15, 0.2) is 24.5 Å². The molecule has 2 N–H and O–H groups in total. The third kappa shape index (κ3) is 5.27. The summed E-state index contributed by atoms with van der Waals surface area (Å²) in [4.78, 5) is 6.72. The molecule has 1 aliphatic heterocycles. The van der Waals surface area contributed by atoms with Gasteiger partial charge in [0.05, 0.1) is 0 Å². The van der Waals surface area contributed by atoms with Crippen molar-refractivity contribution < 1.29 is 0 Å². The van der Waals surface area contributed by atoms with Crippen LogP contribution in [-0.2, 0) is 6.42 Å². The zero-order valence-corrected chi connectivity index (χ0v) is 11.9. The molecule has 19 heavy (non-hydrogen) atoms. The molecule has 0 radical (unpaired) electrons. The van der Waals surface area contributed by atoms with Gasteiger partial charge in [-0.2, -0.15) is 0 Å². The van der Waals surface area contributed by atoms with Gasteiger partial charge in [0.25, 0.3) is 0 Å². The van der Waals surface area contributed by atoms with Gasteiger partial charge < -0.3 is 10.6 Å². The van der Waals surface area contributed by atoms with Gasteiger partial charge in [-0.05, 0) is 44.5 Å². The molecule has 1 saturated heterocycles. The van der Waals surface area contributed by atoms with Gasteiger partial charge in [0.15, 0.2) is 0 Å². The van der Waals surface area contributed by atoms with Crippen LogP contribution in [0.3, 0.4) is 0 Å². The van der Waals surface area contributed by atoms with Gasteiger partial charge in [-0.15, -0.1) is 0 Å². The minimum atomic E-state index is 0.688. The molecule has 0 aliphatic carbocycles. The standard InChI is InChI=1S/C15H26N4/c1-14(19-11-9-17-10-12-19)4-7-16-8-5-15-3-2-6-18-13-15/h2-3,6,13-14,16-17H,4-5,7-12H2,1H3. The number of piperazine rings is 1. The van der Waals surface area contributed by atoms with Gasteiger partial charge >= 0.3 is 0 Å². The van der Waals surface area contributed by atoms with Crippen molar-refractivity contribution in [3.05, 3.63) is 30.1 Å². The Morgan fingerprint density at radius 2 is 2.21 bits per heavy atom. The van der Waals surface area contributed by atoms with E-state index in [0.29, 0.717) is 6.04 Å². The maximum atomic E-state index is 4.13. The van der Waals surface area contributed by atoms with Gasteiger partial charge in [-0.3, -0.25) is 9.88 Å². The molecule has 106 valence electrons. The molecule has 0 saturated carbocycles. The second-order valence-corrected chi connectivity index (χ2v) is 5.28. The highest BCUT2D eigenvalue weighted by atomic mass is 15.2. The summed E-state index contributed by atoms with van der Waals surface area (Å²) >= 11 is 0. The van der Waals surface area contributed by atoms with Gasteiger partial charge in [0.1, 0.15) is 0 Å². The van der Waals surface area contributed by atoms with E-state index in [0.717, 1.165) is 32.6 Å². The van der Waals surface area contributed by atoms with E-state index >= 15 is 0 Å². The van der Waals surface area contributed by atoms with E-state index in [1.807, 2.05) is 18.5 Å². The first-order valence-electron chi connectivity index (χ1n) is 7.40. The summed E-state index contributed by atoms with van der Waals surface area (Å²) in [5, 5.41) is 6.93. The molecule has 1 aromatic heterocycles. The zero-order chi connectivity index (χ0) is 13.3. The lowest BCUT2D eigenvalue weighted by Gasteiger charge is -2.32. The number of hydrogen-bond donors (Lipinski definition) is 2. The second-order valence-electron chi connectivity index (χ2n) is 5.28. The largest absolute Gasteiger partial charge is 0.316 e. The number of nitrogens with one attached hydrogen (secondary N) is 2. The van der Waals surface area contributed by atoms with E-state index in [-0.39, 0.29) is 0 Å². The van der Waals surface area contributed by atoms with Gasteiger partial charge in [0.2, 0.25) is 0 Å². The van der Waals surface area contributed by atoms with Crippen molar-refractivity contribution >= 4 is 0 Å². The maximum absolute atomic E-state index is 4.13. The van der Waals surface area contributed by atoms with Crippen molar-refractivity contribution in [2.75, 3.05) is 39.3 Å². The van der Waals surface area contributed by atoms with Crippen LogP contribution in [0, 0.1) is 0 Å². The fraction of sp³-hybridized carbons (Fsp3) is 0.667. The van der Waals surface area contributed by atoms with Crippen LogP contribution >= 0.6 is 0 Å². The number of hydrogen-bond acceptors (Lipinski definition) is 4. The van der Waals surface area contributed by atoms with E-state index in [4.69, 9.17) is 0 Å². The van der Waals surface area contributed by atoms with Crippen LogP contribution in [-0.4, -0.2) is 55.2 Å². The third-order valence-corrected chi connectivity index (χ3v) is 3.83. The predicted octanol–water partition coefficient (Wildman–Crippen LogP) is 0.898. The highest BCUT2D eigenvalue weighted by Gasteiger charge is 2.15. The van der Waals surface area contributed by atoms with Crippen molar-refractivity contribution in [2.45, 2.75) is 25.8 Å². The van der Waals surface area contributed by atoms with Crippen LogP contribution in [0.5, 0.6) is 0 Å². The lowest BCUT2D eigenvalue weighted by Crippen LogP contribution is -2.48. The first-order valence-corrected chi connectivity index (χ1v) is 7.40. The van der Waals surface area contributed by atoms with Gasteiger partial charge in [-0.25, -0.2) is 0 Å². The van der Waals surface area contributed by atoms with E-state index in [1.165, 1.54) is 25.1 Å². The Morgan fingerprint density at radius 1 is 1.37 bits per heavy atom. The lowest BCUT2D eigenvalue weighted by atomic mass is 10.1. The van der Waals surface area contributed by atoms with Crippen LogP contribution in [0.25, 0.3) is 0 Å². The number of pyridine rings is 1. The summed E-state index contributed by atoms with van der Waals surface area (Å²) in [7, 11) is 0. The number of rotatable bonds is 7. The quantitative estimate of drug-likeness (QED) is 0.716. The van der Waals surface area contributed by atoms with Crippen molar-refractivity contribution in [2.24, 2.45) is 0 Å². The predicted molar refractivity (Wildman–Crippen MR) is 79.3 cm³/mol. The topological polar surface area (TPSA) is 40.2 Å². The highest BCUT2D eigenvalue weighted by molar-refractivity contribution is 5.08. The van der Waals surface area contributed by atoms with Gasteiger partial charge in [-0.1, -0.05) is 6.07 Å². The second kappa shape index (κ2) is 8.25. The first-order chi connectivity index (χ1) is 9.36. The Hall–Kier alpha value is -0.970. The summed E-state index contributed by atoms with van der Waals surface area (Å²) in [6.45, 7) is 9.14. The van der Waals surface area contributed by atoms with Crippen molar-refractivity contribution in [3.63, 3.8) is 0 Å². The summed E-state index contributed by atoms with van der Waals surface area (Å²) < 4.78 is 0. The molecule has 0 aromatic carbocycles. The van der Waals surface area contributed by atoms with E-state index in [2.05, 4.69) is 33.5 Å². The third-order valence-electron chi connectivity index (χ3n) is 3.83. The molecular formula is C15H26N4. The fourth-order valence-electron chi connectivity index (χ4n) is 2.52. The van der Waals surface area contributed by atoms with Crippen molar-refractivity contribution in [1.29, 1.82) is 0 Å². The molecule has 2 heterocycles. The summed E-state index contributed by atoms with van der Waals surface area (Å²) in [5.41, 5.74) is 1.31. The molecule has 0 amide bonds. The van der Waals surface area contributed by atoms with Gasteiger partial charge in [0, 0.05) is 44.6 Å². The molecule has 1 atom stereocenters. The molecule has 0 bridgehead atoms. The number of nitrogens with zero attached hydrogens (tertiary/aromatic N) is 2. The molecule has 0 spiro atoms. The lowest BCUT2D eigenvalue weighted by molar-refractivity contribution is 0.176. The van der Waals surface area contributed by atoms with Crippen LogP contribution in [0.2, 0.25) is 0 Å². The smallest absolute Gasteiger partial charge is 0.0300 e. The average Bonchev–Trinajstić information content (AvgIpc) is 2.49. The van der Waals surface area contributed by atoms with Crippen molar-refractivity contribution in [1.82, 2.24) is 20.5 Å². The first kappa shape index (κ1) is 14.4. The summed E-state index contributed by atoms with van der Waals surface area (Å²) in [5.74, 6) is 0. The Labute approximate surface area is 116 Å². The van der Waals surface area contributed by atoms with Crippen molar-refractivity contribution in [3.8, 4) is 0 Å². The molecule has 4 nitrogen and oxygen atoms in total. The average molecular weight is 262 g/mol. The van der Waals surface area contributed by atoms with E-state index in [1.54, 1.807) is 0 Å². The molecular weight excluding hydrogens is 236 g/mol. The van der Waals surface area contributed by atoms with Crippen LogP contribution in [0.4, 0.5) is 0 Å². The molecule has 4 heteroatoms. The highest BCUT2D eigenvalue weighted by Crippen LogP contribution is 2.04. The summed E-state index contributed by atoms with van der Waals surface area (Å²) in [6, 6.07) is 4.83. The maximum Gasteiger partial charge on any atom is 0.0300 e. The van der Waals surface area contributed by atoms with Crippen LogP contribution < -0.4 is 10.6 Å². The Kier molecular flexibility index (Phi) is 6.27. The van der Waals surface area contributed by atoms with Crippen LogP contribution in [0.1, 0.15) is 18.9 Å².